The first-order valence-corrected chi connectivity index (χ1v) is 7.37. The van der Waals surface area contributed by atoms with Crippen LogP contribution in [0.2, 0.25) is 0 Å². The monoisotopic (exact) mass is 268 g/mol. The van der Waals surface area contributed by atoms with Gasteiger partial charge in [0.1, 0.15) is 0 Å². The van der Waals surface area contributed by atoms with Crippen molar-refractivity contribution >= 4 is 27.3 Å². The quantitative estimate of drug-likeness (QED) is 0.876. The average Bonchev–Trinajstić information content (AvgIpc) is 2.28. The highest BCUT2D eigenvalue weighted by Crippen LogP contribution is 2.26. The van der Waals surface area contributed by atoms with Gasteiger partial charge in [-0.05, 0) is 44.0 Å². The van der Waals surface area contributed by atoms with Gasteiger partial charge in [-0.1, -0.05) is 0 Å². The standard InChI is InChI=1S/C12H16N2O3S/c1-8(2)18(16,17)14-10-4-5-11-9(7-10)3-6-12(15)13-11/h4-5,7-8,14H,3,6H2,1-2H3,(H,13,15). The molecule has 5 nitrogen and oxygen atoms in total. The van der Waals surface area contributed by atoms with Gasteiger partial charge in [0.05, 0.1) is 5.25 Å². The van der Waals surface area contributed by atoms with Crippen molar-refractivity contribution in [3.8, 4) is 0 Å². The van der Waals surface area contributed by atoms with Gasteiger partial charge in [0.25, 0.3) is 0 Å². The van der Waals surface area contributed by atoms with Gasteiger partial charge < -0.3 is 5.32 Å². The highest BCUT2D eigenvalue weighted by atomic mass is 32.2. The summed E-state index contributed by atoms with van der Waals surface area (Å²) in [6, 6.07) is 5.16. The number of amides is 1. The zero-order chi connectivity index (χ0) is 13.3. The molecule has 98 valence electrons. The van der Waals surface area contributed by atoms with Crippen LogP contribution in [-0.4, -0.2) is 19.6 Å². The lowest BCUT2D eigenvalue weighted by molar-refractivity contribution is -0.116. The fraction of sp³-hybridized carbons (Fsp3) is 0.417. The molecule has 2 rings (SSSR count). The summed E-state index contributed by atoms with van der Waals surface area (Å²) in [4.78, 5) is 11.2. The maximum Gasteiger partial charge on any atom is 0.235 e. The molecule has 1 aliphatic rings. The molecule has 1 heterocycles. The highest BCUT2D eigenvalue weighted by molar-refractivity contribution is 7.93. The zero-order valence-corrected chi connectivity index (χ0v) is 11.2. The van der Waals surface area contributed by atoms with Crippen LogP contribution in [0.15, 0.2) is 18.2 Å². The van der Waals surface area contributed by atoms with Crippen molar-refractivity contribution < 1.29 is 13.2 Å². The first-order chi connectivity index (χ1) is 8.38. The van der Waals surface area contributed by atoms with E-state index in [0.29, 0.717) is 18.5 Å². The van der Waals surface area contributed by atoms with E-state index in [4.69, 9.17) is 0 Å². The van der Waals surface area contributed by atoms with E-state index in [1.54, 1.807) is 32.0 Å². The van der Waals surface area contributed by atoms with E-state index >= 15 is 0 Å². The van der Waals surface area contributed by atoms with Crippen LogP contribution in [0.3, 0.4) is 0 Å². The minimum Gasteiger partial charge on any atom is -0.326 e. The Hall–Kier alpha value is -1.56. The number of hydrogen-bond acceptors (Lipinski definition) is 3. The van der Waals surface area contributed by atoms with Gasteiger partial charge in [-0.15, -0.1) is 0 Å². The molecule has 1 amide bonds. The Balaban J connectivity index is 2.25. The third kappa shape index (κ3) is 2.64. The number of hydrogen-bond donors (Lipinski definition) is 2. The van der Waals surface area contributed by atoms with Crippen LogP contribution in [0.5, 0.6) is 0 Å². The number of fused-ring (bicyclic) bond motifs is 1. The molecule has 1 aromatic carbocycles. The summed E-state index contributed by atoms with van der Waals surface area (Å²) >= 11 is 0. The van der Waals surface area contributed by atoms with Gasteiger partial charge in [-0.2, -0.15) is 0 Å². The van der Waals surface area contributed by atoms with Gasteiger partial charge in [0, 0.05) is 17.8 Å². The van der Waals surface area contributed by atoms with E-state index in [1.807, 2.05) is 0 Å². The van der Waals surface area contributed by atoms with Gasteiger partial charge in [-0.25, -0.2) is 8.42 Å². The summed E-state index contributed by atoms with van der Waals surface area (Å²) in [6.45, 7) is 3.25. The molecule has 1 aliphatic heterocycles. The van der Waals surface area contributed by atoms with E-state index in [1.165, 1.54) is 0 Å². The summed E-state index contributed by atoms with van der Waals surface area (Å²) in [5.41, 5.74) is 2.26. The van der Waals surface area contributed by atoms with E-state index < -0.39 is 15.3 Å². The van der Waals surface area contributed by atoms with Crippen LogP contribution >= 0.6 is 0 Å². The van der Waals surface area contributed by atoms with Crippen molar-refractivity contribution in [3.05, 3.63) is 23.8 Å². The zero-order valence-electron chi connectivity index (χ0n) is 10.4. The molecule has 0 bridgehead atoms. The molecule has 0 saturated carbocycles. The van der Waals surface area contributed by atoms with Crippen molar-refractivity contribution in [2.45, 2.75) is 31.9 Å². The van der Waals surface area contributed by atoms with Crippen molar-refractivity contribution in [1.82, 2.24) is 0 Å². The number of benzene rings is 1. The number of carbonyl (C=O) groups is 1. The summed E-state index contributed by atoms with van der Waals surface area (Å²) in [5, 5.41) is 2.28. The lowest BCUT2D eigenvalue weighted by Gasteiger charge is -2.18. The molecule has 0 fully saturated rings. The smallest absolute Gasteiger partial charge is 0.235 e. The highest BCUT2D eigenvalue weighted by Gasteiger charge is 2.18. The number of carbonyl (C=O) groups excluding carboxylic acids is 1. The van der Waals surface area contributed by atoms with Crippen LogP contribution in [-0.2, 0) is 21.2 Å². The first kappa shape index (κ1) is 12.9. The number of anilines is 2. The molecule has 0 spiro atoms. The van der Waals surface area contributed by atoms with Gasteiger partial charge in [-0.3, -0.25) is 9.52 Å². The second-order valence-corrected chi connectivity index (χ2v) is 6.85. The molecular formula is C12H16N2O3S. The second kappa shape index (κ2) is 4.61. The van der Waals surface area contributed by atoms with Gasteiger partial charge in [0.2, 0.25) is 15.9 Å². The largest absolute Gasteiger partial charge is 0.326 e. The van der Waals surface area contributed by atoms with Crippen LogP contribution in [0, 0.1) is 0 Å². The third-order valence-corrected chi connectivity index (χ3v) is 4.64. The maximum absolute atomic E-state index is 11.7. The molecule has 0 atom stereocenters. The van der Waals surface area contributed by atoms with Crippen LogP contribution in [0.25, 0.3) is 0 Å². The molecule has 0 saturated heterocycles. The Morgan fingerprint density at radius 1 is 1.28 bits per heavy atom. The molecule has 18 heavy (non-hydrogen) atoms. The summed E-state index contributed by atoms with van der Waals surface area (Å²) in [7, 11) is -3.33. The Bertz CT molecular complexity index is 579. The van der Waals surface area contributed by atoms with Crippen molar-refractivity contribution in [2.75, 3.05) is 10.0 Å². The number of rotatable bonds is 3. The van der Waals surface area contributed by atoms with Crippen molar-refractivity contribution in [3.63, 3.8) is 0 Å². The Morgan fingerprint density at radius 2 is 2.00 bits per heavy atom. The molecule has 0 aromatic heterocycles. The minimum absolute atomic E-state index is 0.00184. The van der Waals surface area contributed by atoms with Crippen molar-refractivity contribution in [2.24, 2.45) is 0 Å². The van der Waals surface area contributed by atoms with Gasteiger partial charge in [0.15, 0.2) is 0 Å². The summed E-state index contributed by atoms with van der Waals surface area (Å²) in [6.07, 6.45) is 1.08. The lowest BCUT2D eigenvalue weighted by atomic mass is 10.0. The first-order valence-electron chi connectivity index (χ1n) is 5.83. The van der Waals surface area contributed by atoms with Crippen molar-refractivity contribution in [1.29, 1.82) is 0 Å². The van der Waals surface area contributed by atoms with Crippen LogP contribution in [0.4, 0.5) is 11.4 Å². The normalized spacial score (nSPS) is 15.2. The van der Waals surface area contributed by atoms with E-state index in [0.717, 1.165) is 11.3 Å². The Morgan fingerprint density at radius 3 is 2.67 bits per heavy atom. The van der Waals surface area contributed by atoms with E-state index in [2.05, 4.69) is 10.0 Å². The molecule has 6 heteroatoms. The van der Waals surface area contributed by atoms with E-state index in [-0.39, 0.29) is 5.91 Å². The topological polar surface area (TPSA) is 75.3 Å². The minimum atomic E-state index is -3.33. The number of nitrogens with one attached hydrogen (secondary N) is 2. The molecule has 0 unspecified atom stereocenters. The fourth-order valence-electron chi connectivity index (χ4n) is 1.73. The van der Waals surface area contributed by atoms with Crippen LogP contribution < -0.4 is 10.0 Å². The van der Waals surface area contributed by atoms with Gasteiger partial charge >= 0.3 is 0 Å². The van der Waals surface area contributed by atoms with Crippen LogP contribution in [0.1, 0.15) is 25.8 Å². The summed E-state index contributed by atoms with van der Waals surface area (Å²) < 4.78 is 26.0. The summed E-state index contributed by atoms with van der Waals surface area (Å²) in [5.74, 6) is -0.00184. The predicted molar refractivity (Wildman–Crippen MR) is 71.1 cm³/mol. The molecule has 2 N–H and O–H groups in total. The van der Waals surface area contributed by atoms with E-state index in [9.17, 15) is 13.2 Å². The SMILES string of the molecule is CC(C)S(=O)(=O)Nc1ccc2c(c1)CCC(=O)N2. The third-order valence-electron chi connectivity index (χ3n) is 2.88. The predicted octanol–water partition coefficient (Wildman–Crippen LogP) is 1.72. The Kier molecular flexibility index (Phi) is 3.30. The molecule has 0 radical (unpaired) electrons. The molecule has 0 aliphatic carbocycles. The maximum atomic E-state index is 11.7. The number of aryl methyl sites for hydroxylation is 1. The average molecular weight is 268 g/mol. The lowest BCUT2D eigenvalue weighted by Crippen LogP contribution is -2.23. The second-order valence-electron chi connectivity index (χ2n) is 4.62. The Labute approximate surface area is 107 Å². The number of sulfonamides is 1. The molecular weight excluding hydrogens is 252 g/mol. The molecule has 1 aromatic rings. The fourth-order valence-corrected chi connectivity index (χ4v) is 2.42.